The van der Waals surface area contributed by atoms with Crippen molar-refractivity contribution in [3.05, 3.63) is 78.9 Å². The number of hydrogen-bond donors (Lipinski definition) is 1. The van der Waals surface area contributed by atoms with Crippen LogP contribution in [-0.2, 0) is 0 Å². The highest BCUT2D eigenvalue weighted by molar-refractivity contribution is 6.13. The zero-order valence-corrected chi connectivity index (χ0v) is 16.4. The molecule has 0 aliphatic carbocycles. The number of phenols is 1. The summed E-state index contributed by atoms with van der Waals surface area (Å²) in [6.45, 7) is 2.32. The van der Waals surface area contributed by atoms with Gasteiger partial charge in [-0.25, -0.2) is 4.98 Å². The van der Waals surface area contributed by atoms with E-state index in [1.807, 2.05) is 37.3 Å². The van der Waals surface area contributed by atoms with E-state index < -0.39 is 0 Å². The molecule has 0 unspecified atom stereocenters. The van der Waals surface area contributed by atoms with E-state index in [4.69, 9.17) is 9.72 Å². The van der Waals surface area contributed by atoms with Crippen LogP contribution in [0.15, 0.2) is 78.9 Å². The molecule has 0 amide bonds. The SMILES string of the molecule is CCOc1nc(-c2ccccc2O)nc(-c2cc3ccccc3c3ccccc23)n1. The minimum absolute atomic E-state index is 0.112. The third-order valence-electron chi connectivity index (χ3n) is 5.04. The molecule has 0 atom stereocenters. The summed E-state index contributed by atoms with van der Waals surface area (Å²) < 4.78 is 5.63. The van der Waals surface area contributed by atoms with Crippen LogP contribution in [0.3, 0.4) is 0 Å². The van der Waals surface area contributed by atoms with Crippen molar-refractivity contribution in [3.8, 4) is 34.5 Å². The maximum absolute atomic E-state index is 10.3. The molecule has 5 heteroatoms. The molecule has 0 radical (unpaired) electrons. The Hall–Kier alpha value is -3.99. The average Bonchev–Trinajstić information content (AvgIpc) is 2.79. The third kappa shape index (κ3) is 3.10. The molecule has 1 heterocycles. The Labute approximate surface area is 173 Å². The molecular weight excluding hydrogens is 374 g/mol. The van der Waals surface area contributed by atoms with Crippen molar-refractivity contribution in [2.24, 2.45) is 0 Å². The second-order valence-electron chi connectivity index (χ2n) is 6.91. The van der Waals surface area contributed by atoms with Gasteiger partial charge in [0.05, 0.1) is 12.2 Å². The van der Waals surface area contributed by atoms with Crippen LogP contribution >= 0.6 is 0 Å². The number of phenolic OH excluding ortho intramolecular Hbond substituents is 1. The molecule has 1 N–H and O–H groups in total. The van der Waals surface area contributed by atoms with E-state index in [9.17, 15) is 5.11 Å². The second kappa shape index (κ2) is 7.44. The fraction of sp³-hybridized carbons (Fsp3) is 0.0800. The van der Waals surface area contributed by atoms with E-state index in [1.165, 1.54) is 5.39 Å². The molecule has 0 spiro atoms. The van der Waals surface area contributed by atoms with Crippen molar-refractivity contribution in [1.29, 1.82) is 0 Å². The van der Waals surface area contributed by atoms with Gasteiger partial charge >= 0.3 is 6.01 Å². The molecule has 0 aliphatic rings. The monoisotopic (exact) mass is 393 g/mol. The summed E-state index contributed by atoms with van der Waals surface area (Å²) in [4.78, 5) is 13.7. The Bertz CT molecular complexity index is 1380. The van der Waals surface area contributed by atoms with Gasteiger partial charge in [0, 0.05) is 5.56 Å². The first-order chi connectivity index (χ1) is 14.7. The number of aromatic hydroxyl groups is 1. The predicted molar refractivity (Wildman–Crippen MR) is 119 cm³/mol. The molecule has 4 aromatic carbocycles. The molecule has 0 aliphatic heterocycles. The number of hydrogen-bond acceptors (Lipinski definition) is 5. The van der Waals surface area contributed by atoms with Crippen LogP contribution in [0.25, 0.3) is 44.3 Å². The van der Waals surface area contributed by atoms with Gasteiger partial charge in [-0.3, -0.25) is 0 Å². The highest BCUT2D eigenvalue weighted by Crippen LogP contribution is 2.35. The lowest BCUT2D eigenvalue weighted by molar-refractivity contribution is 0.312. The molecule has 146 valence electrons. The molecule has 5 aromatic rings. The van der Waals surface area contributed by atoms with Gasteiger partial charge in [0.15, 0.2) is 11.6 Å². The van der Waals surface area contributed by atoms with E-state index >= 15 is 0 Å². The van der Waals surface area contributed by atoms with Gasteiger partial charge in [-0.2, -0.15) is 9.97 Å². The van der Waals surface area contributed by atoms with Crippen molar-refractivity contribution in [1.82, 2.24) is 15.0 Å². The highest BCUT2D eigenvalue weighted by Gasteiger charge is 2.16. The number of aromatic nitrogens is 3. The molecule has 5 rings (SSSR count). The van der Waals surface area contributed by atoms with E-state index in [-0.39, 0.29) is 11.8 Å². The summed E-state index contributed by atoms with van der Waals surface area (Å²) in [5.41, 5.74) is 1.43. The second-order valence-corrected chi connectivity index (χ2v) is 6.91. The summed E-state index contributed by atoms with van der Waals surface area (Å²) in [6, 6.07) is 25.8. The Morgan fingerprint density at radius 2 is 1.33 bits per heavy atom. The Morgan fingerprint density at radius 1 is 0.700 bits per heavy atom. The van der Waals surface area contributed by atoms with Crippen molar-refractivity contribution < 1.29 is 9.84 Å². The first kappa shape index (κ1) is 18.1. The van der Waals surface area contributed by atoms with E-state index in [2.05, 4.69) is 40.3 Å². The van der Waals surface area contributed by atoms with Crippen molar-refractivity contribution in [3.63, 3.8) is 0 Å². The Kier molecular flexibility index (Phi) is 4.48. The Morgan fingerprint density at radius 3 is 2.10 bits per heavy atom. The largest absolute Gasteiger partial charge is 0.507 e. The summed E-state index contributed by atoms with van der Waals surface area (Å²) >= 11 is 0. The quantitative estimate of drug-likeness (QED) is 0.402. The fourth-order valence-corrected chi connectivity index (χ4v) is 3.69. The van der Waals surface area contributed by atoms with Gasteiger partial charge in [-0.05, 0) is 46.7 Å². The van der Waals surface area contributed by atoms with Gasteiger partial charge < -0.3 is 9.84 Å². The summed E-state index contributed by atoms with van der Waals surface area (Å²) in [6.07, 6.45) is 0. The predicted octanol–water partition coefficient (Wildman–Crippen LogP) is 5.62. The van der Waals surface area contributed by atoms with Gasteiger partial charge in [0.2, 0.25) is 0 Å². The van der Waals surface area contributed by atoms with Gasteiger partial charge in [-0.1, -0.05) is 60.7 Å². The highest BCUT2D eigenvalue weighted by atomic mass is 16.5. The molecule has 1 aromatic heterocycles. The van der Waals surface area contributed by atoms with Crippen molar-refractivity contribution >= 4 is 21.5 Å². The first-order valence-electron chi connectivity index (χ1n) is 9.82. The van der Waals surface area contributed by atoms with Crippen LogP contribution in [0.4, 0.5) is 0 Å². The number of fused-ring (bicyclic) bond motifs is 3. The maximum atomic E-state index is 10.3. The van der Waals surface area contributed by atoms with Crippen LogP contribution < -0.4 is 4.74 Å². The van der Waals surface area contributed by atoms with Crippen molar-refractivity contribution in [2.45, 2.75) is 6.92 Å². The molecule has 0 saturated carbocycles. The number of benzene rings is 4. The zero-order chi connectivity index (χ0) is 20.5. The summed E-state index contributed by atoms with van der Waals surface area (Å²) in [7, 11) is 0. The average molecular weight is 393 g/mol. The van der Waals surface area contributed by atoms with Crippen LogP contribution in [0, 0.1) is 0 Å². The summed E-state index contributed by atoms with van der Waals surface area (Å²) in [5, 5.41) is 14.8. The molecule has 5 nitrogen and oxygen atoms in total. The van der Waals surface area contributed by atoms with Gasteiger partial charge in [0.1, 0.15) is 5.75 Å². The van der Waals surface area contributed by atoms with Gasteiger partial charge in [-0.15, -0.1) is 0 Å². The number of nitrogens with zero attached hydrogens (tertiary/aromatic N) is 3. The number of rotatable bonds is 4. The van der Waals surface area contributed by atoms with Crippen LogP contribution in [0.2, 0.25) is 0 Å². The third-order valence-corrected chi connectivity index (χ3v) is 5.04. The molecule has 30 heavy (non-hydrogen) atoms. The van der Waals surface area contributed by atoms with Crippen LogP contribution in [0.5, 0.6) is 11.8 Å². The minimum Gasteiger partial charge on any atom is -0.507 e. The van der Waals surface area contributed by atoms with Crippen molar-refractivity contribution in [2.75, 3.05) is 6.61 Å². The van der Waals surface area contributed by atoms with Gasteiger partial charge in [0.25, 0.3) is 0 Å². The first-order valence-corrected chi connectivity index (χ1v) is 9.82. The van der Waals surface area contributed by atoms with E-state index in [1.54, 1.807) is 18.2 Å². The number of para-hydroxylation sites is 1. The molecule has 0 fully saturated rings. The normalized spacial score (nSPS) is 11.1. The molecule has 0 bridgehead atoms. The molecule has 0 saturated heterocycles. The maximum Gasteiger partial charge on any atom is 0.320 e. The topological polar surface area (TPSA) is 68.1 Å². The molecular formula is C25H19N3O2. The van der Waals surface area contributed by atoms with E-state index in [0.717, 1.165) is 21.7 Å². The Balaban J connectivity index is 1.81. The minimum atomic E-state index is 0.112. The standard InChI is InChI=1S/C25H19N3O2/c1-2-30-25-27-23(20-13-7-8-14-22(20)29)26-24(28-25)21-15-16-9-3-4-10-17(16)18-11-5-6-12-19(18)21/h3-15,29H,2H2,1H3. The summed E-state index contributed by atoms with van der Waals surface area (Å²) in [5.74, 6) is 0.993. The van der Waals surface area contributed by atoms with E-state index in [0.29, 0.717) is 23.8 Å². The number of ether oxygens (including phenoxy) is 1. The zero-order valence-electron chi connectivity index (χ0n) is 16.4. The van der Waals surface area contributed by atoms with Crippen LogP contribution in [0.1, 0.15) is 6.92 Å². The lowest BCUT2D eigenvalue weighted by atomic mass is 9.97. The lowest BCUT2D eigenvalue weighted by Crippen LogP contribution is -2.03. The smallest absolute Gasteiger partial charge is 0.320 e. The fourth-order valence-electron chi connectivity index (χ4n) is 3.69. The van der Waals surface area contributed by atoms with Crippen LogP contribution in [-0.4, -0.2) is 26.7 Å². The lowest BCUT2D eigenvalue weighted by Gasteiger charge is -2.12.